The maximum absolute atomic E-state index is 12.7. The van der Waals surface area contributed by atoms with Gasteiger partial charge in [0.05, 0.1) is 12.1 Å². The lowest BCUT2D eigenvalue weighted by Crippen LogP contribution is -2.38. The summed E-state index contributed by atoms with van der Waals surface area (Å²) < 4.78 is 40.0. The van der Waals surface area contributed by atoms with Gasteiger partial charge >= 0.3 is 6.18 Å². The van der Waals surface area contributed by atoms with E-state index in [4.69, 9.17) is 0 Å². The fourth-order valence-electron chi connectivity index (χ4n) is 2.87. The molecule has 3 aromatic rings. The lowest BCUT2D eigenvalue weighted by Gasteiger charge is -2.22. The summed E-state index contributed by atoms with van der Waals surface area (Å²) >= 11 is 0. The van der Waals surface area contributed by atoms with Crippen molar-refractivity contribution in [2.45, 2.75) is 19.3 Å². The van der Waals surface area contributed by atoms with Gasteiger partial charge in [-0.3, -0.25) is 9.56 Å². The van der Waals surface area contributed by atoms with Crippen LogP contribution in [0.3, 0.4) is 0 Å². The Bertz CT molecular complexity index is 955. The van der Waals surface area contributed by atoms with Crippen LogP contribution in [0.15, 0.2) is 65.9 Å². The summed E-state index contributed by atoms with van der Waals surface area (Å²) in [5.74, 6) is 1.30. The molecule has 0 unspecified atom stereocenters. The van der Waals surface area contributed by atoms with Gasteiger partial charge in [0.15, 0.2) is 11.8 Å². The third kappa shape index (κ3) is 5.94. The van der Waals surface area contributed by atoms with Gasteiger partial charge in [-0.1, -0.05) is 30.3 Å². The molecule has 0 saturated heterocycles. The Balaban J connectivity index is 0.00000320. The lowest BCUT2D eigenvalue weighted by atomic mass is 10.1. The molecule has 1 heterocycles. The molecule has 0 atom stereocenters. The van der Waals surface area contributed by atoms with Gasteiger partial charge < -0.3 is 10.2 Å². The van der Waals surface area contributed by atoms with Crippen LogP contribution in [0.1, 0.15) is 17.0 Å². The maximum atomic E-state index is 12.7. The van der Waals surface area contributed by atoms with Crippen molar-refractivity contribution in [3.05, 3.63) is 77.9 Å². The number of nitrogens with zero attached hydrogens (tertiary/aromatic N) is 5. The molecular formula is C20H22F3IN6. The van der Waals surface area contributed by atoms with Gasteiger partial charge in [0.25, 0.3) is 0 Å². The summed E-state index contributed by atoms with van der Waals surface area (Å²) in [4.78, 5) is 6.06. The van der Waals surface area contributed by atoms with Gasteiger partial charge in [-0.15, -0.1) is 34.2 Å². The van der Waals surface area contributed by atoms with Crippen molar-refractivity contribution in [1.29, 1.82) is 0 Å². The highest BCUT2D eigenvalue weighted by molar-refractivity contribution is 14.0. The minimum atomic E-state index is -4.34. The third-order valence-corrected chi connectivity index (χ3v) is 4.33. The fourth-order valence-corrected chi connectivity index (χ4v) is 2.87. The van der Waals surface area contributed by atoms with E-state index in [0.29, 0.717) is 24.9 Å². The first-order chi connectivity index (χ1) is 13.9. The zero-order valence-electron chi connectivity index (χ0n) is 16.5. The van der Waals surface area contributed by atoms with E-state index in [2.05, 4.69) is 20.5 Å². The van der Waals surface area contributed by atoms with Crippen molar-refractivity contribution in [1.82, 2.24) is 25.0 Å². The Kier molecular flexibility index (Phi) is 8.21. The Morgan fingerprint density at radius 3 is 2.37 bits per heavy atom. The lowest BCUT2D eigenvalue weighted by molar-refractivity contribution is -0.137. The zero-order valence-corrected chi connectivity index (χ0v) is 18.8. The van der Waals surface area contributed by atoms with Crippen LogP contribution in [0.4, 0.5) is 13.2 Å². The molecule has 0 bridgehead atoms. The molecule has 0 aliphatic rings. The molecule has 10 heteroatoms. The smallest absolute Gasteiger partial charge is 0.349 e. The molecule has 0 fully saturated rings. The van der Waals surface area contributed by atoms with E-state index in [1.165, 1.54) is 12.1 Å². The summed E-state index contributed by atoms with van der Waals surface area (Å²) in [7, 11) is 3.46. The van der Waals surface area contributed by atoms with Crippen LogP contribution in [0.5, 0.6) is 0 Å². The predicted molar refractivity (Wildman–Crippen MR) is 120 cm³/mol. The Labute approximate surface area is 189 Å². The average Bonchev–Trinajstić information content (AvgIpc) is 3.17. The van der Waals surface area contributed by atoms with Crippen molar-refractivity contribution in [3.63, 3.8) is 0 Å². The molecular weight excluding hydrogens is 508 g/mol. The number of para-hydroxylation sites is 1. The molecule has 0 spiro atoms. The molecule has 3 rings (SSSR count). The van der Waals surface area contributed by atoms with Gasteiger partial charge in [-0.25, -0.2) is 0 Å². The van der Waals surface area contributed by atoms with E-state index in [1.807, 2.05) is 46.8 Å². The third-order valence-electron chi connectivity index (χ3n) is 4.33. The van der Waals surface area contributed by atoms with E-state index < -0.39 is 11.7 Å². The quantitative estimate of drug-likeness (QED) is 0.307. The molecule has 160 valence electrons. The van der Waals surface area contributed by atoms with Crippen molar-refractivity contribution >= 4 is 29.9 Å². The predicted octanol–water partition coefficient (Wildman–Crippen LogP) is 4.11. The van der Waals surface area contributed by atoms with Gasteiger partial charge in [-0.2, -0.15) is 13.2 Å². The zero-order chi connectivity index (χ0) is 20.9. The number of nitrogens with one attached hydrogen (secondary N) is 1. The molecule has 1 N–H and O–H groups in total. The number of guanidine groups is 1. The highest BCUT2D eigenvalue weighted by Crippen LogP contribution is 2.29. The Morgan fingerprint density at radius 1 is 1.10 bits per heavy atom. The molecule has 0 saturated carbocycles. The number of hydrogen-bond acceptors (Lipinski definition) is 3. The second-order valence-electron chi connectivity index (χ2n) is 6.40. The molecule has 6 nitrogen and oxygen atoms in total. The molecule has 0 aliphatic heterocycles. The summed E-state index contributed by atoms with van der Waals surface area (Å²) in [5, 5.41) is 11.3. The van der Waals surface area contributed by atoms with Crippen molar-refractivity contribution < 1.29 is 13.2 Å². The van der Waals surface area contributed by atoms with Gasteiger partial charge in [-0.05, 0) is 29.8 Å². The topological polar surface area (TPSA) is 58.3 Å². The second kappa shape index (κ2) is 10.4. The minimum absolute atomic E-state index is 0. The van der Waals surface area contributed by atoms with Crippen molar-refractivity contribution in [3.8, 4) is 5.69 Å². The largest absolute Gasteiger partial charge is 0.416 e. The number of rotatable bonds is 5. The first-order valence-electron chi connectivity index (χ1n) is 8.90. The van der Waals surface area contributed by atoms with Crippen LogP contribution >= 0.6 is 24.0 Å². The summed E-state index contributed by atoms with van der Waals surface area (Å²) in [6.07, 6.45) is -2.70. The van der Waals surface area contributed by atoms with E-state index in [9.17, 15) is 13.2 Å². The highest BCUT2D eigenvalue weighted by atomic mass is 127. The monoisotopic (exact) mass is 530 g/mol. The first kappa shape index (κ1) is 23.6. The number of benzene rings is 2. The SMILES string of the molecule is CN=C(NCc1nncn1-c1ccccc1)N(C)Cc1ccc(C(F)(F)F)cc1.I. The number of aliphatic imine (C=N–C) groups is 1. The van der Waals surface area contributed by atoms with Crippen LogP contribution in [0.25, 0.3) is 5.69 Å². The number of aromatic nitrogens is 3. The van der Waals surface area contributed by atoms with Crippen LogP contribution in [-0.2, 0) is 19.3 Å². The number of halogens is 4. The summed E-state index contributed by atoms with van der Waals surface area (Å²) in [5.41, 5.74) is 1.03. The van der Waals surface area contributed by atoms with Gasteiger partial charge in [0.2, 0.25) is 0 Å². The highest BCUT2D eigenvalue weighted by Gasteiger charge is 2.29. The molecule has 0 amide bonds. The molecule has 30 heavy (non-hydrogen) atoms. The van der Waals surface area contributed by atoms with E-state index >= 15 is 0 Å². The Morgan fingerprint density at radius 2 is 1.77 bits per heavy atom. The molecule has 1 aromatic heterocycles. The summed E-state index contributed by atoms with van der Waals surface area (Å²) in [6.45, 7) is 0.794. The van der Waals surface area contributed by atoms with E-state index in [-0.39, 0.29) is 24.0 Å². The molecule has 0 aliphatic carbocycles. The van der Waals surface area contributed by atoms with Crippen LogP contribution in [-0.4, -0.2) is 39.7 Å². The van der Waals surface area contributed by atoms with E-state index in [0.717, 1.165) is 23.4 Å². The van der Waals surface area contributed by atoms with Crippen LogP contribution in [0, 0.1) is 0 Å². The number of alkyl halides is 3. The van der Waals surface area contributed by atoms with Gasteiger partial charge in [0, 0.05) is 26.3 Å². The minimum Gasteiger partial charge on any atom is -0.349 e. The Hall–Kier alpha value is -2.63. The fraction of sp³-hybridized carbons (Fsp3) is 0.250. The van der Waals surface area contributed by atoms with Crippen LogP contribution in [0.2, 0.25) is 0 Å². The van der Waals surface area contributed by atoms with Gasteiger partial charge in [0.1, 0.15) is 6.33 Å². The first-order valence-corrected chi connectivity index (χ1v) is 8.90. The van der Waals surface area contributed by atoms with Crippen LogP contribution < -0.4 is 5.32 Å². The molecule has 2 aromatic carbocycles. The van der Waals surface area contributed by atoms with Crippen molar-refractivity contribution in [2.24, 2.45) is 4.99 Å². The second-order valence-corrected chi connectivity index (χ2v) is 6.40. The standard InChI is InChI=1S/C20H21F3N6.HI/c1-24-19(28(2)13-15-8-10-16(11-9-15)20(21,22)23)25-12-18-27-26-14-29(18)17-6-4-3-5-7-17;/h3-11,14H,12-13H2,1-2H3,(H,24,25);1H. The van der Waals surface area contributed by atoms with E-state index in [1.54, 1.807) is 13.4 Å². The summed E-state index contributed by atoms with van der Waals surface area (Å²) in [6, 6.07) is 14.8. The average molecular weight is 530 g/mol. The maximum Gasteiger partial charge on any atom is 0.416 e. The normalized spacial score (nSPS) is 11.7. The number of hydrogen-bond donors (Lipinski definition) is 1. The van der Waals surface area contributed by atoms with Crippen molar-refractivity contribution in [2.75, 3.05) is 14.1 Å². The molecule has 0 radical (unpaired) electrons.